The number of aliphatic hydroxyl groups excluding tert-OH is 1. The van der Waals surface area contributed by atoms with E-state index in [1.165, 1.54) is 0 Å². The van der Waals surface area contributed by atoms with Gasteiger partial charge in [0.05, 0.1) is 39.9 Å². The molecule has 0 aromatic carbocycles. The van der Waals surface area contributed by atoms with Crippen molar-refractivity contribution < 1.29 is 32.9 Å². The number of carbonyl (C=O) groups excluding carboxylic acids is 1. The Hall–Kier alpha value is -0.500. The van der Waals surface area contributed by atoms with Crippen LogP contribution in [0.2, 0.25) is 0 Å². The van der Waals surface area contributed by atoms with E-state index < -0.39 is 20.0 Å². The van der Waals surface area contributed by atoms with Gasteiger partial charge in [-0.1, -0.05) is 33.1 Å². The third-order valence-corrected chi connectivity index (χ3v) is 4.82. The number of carbonyl (C=O) groups is 1. The van der Waals surface area contributed by atoms with Gasteiger partial charge in [0.1, 0.15) is 13.2 Å². The van der Waals surface area contributed by atoms with Crippen molar-refractivity contribution in [2.45, 2.75) is 64.5 Å². The van der Waals surface area contributed by atoms with E-state index in [2.05, 4.69) is 12.2 Å². The van der Waals surface area contributed by atoms with Gasteiger partial charge in [-0.2, -0.15) is 0 Å². The molecule has 0 aromatic heterocycles. The molecule has 0 aliphatic rings. The van der Waals surface area contributed by atoms with E-state index in [0.717, 1.165) is 25.7 Å². The Morgan fingerprint density at radius 2 is 1.81 bits per heavy atom. The molecular weight excluding hydrogens is 359 g/mol. The summed E-state index contributed by atoms with van der Waals surface area (Å²) < 4.78 is 22.5. The van der Waals surface area contributed by atoms with Crippen molar-refractivity contribution in [1.82, 2.24) is 5.32 Å². The van der Waals surface area contributed by atoms with Gasteiger partial charge >= 0.3 is 7.82 Å². The van der Waals surface area contributed by atoms with E-state index in [-0.39, 0.29) is 19.1 Å². The summed E-state index contributed by atoms with van der Waals surface area (Å²) in [5, 5.41) is 12.9. The highest BCUT2D eigenvalue weighted by atomic mass is 31.2. The van der Waals surface area contributed by atoms with E-state index >= 15 is 0 Å². The first-order valence-electron chi connectivity index (χ1n) is 9.40. The lowest BCUT2D eigenvalue weighted by Crippen LogP contribution is -2.46. The summed E-state index contributed by atoms with van der Waals surface area (Å²) in [6, 6.07) is -0.744. The molecule has 9 heteroatoms. The van der Waals surface area contributed by atoms with Crippen molar-refractivity contribution in [3.8, 4) is 0 Å². The first-order valence-corrected chi connectivity index (χ1v) is 10.9. The number of unbranched alkanes of at least 4 members (excludes halogenated alkanes) is 2. The predicted molar refractivity (Wildman–Crippen MR) is 102 cm³/mol. The fraction of sp³-hybridized carbons (Fsp3) is 0.941. The number of nitrogens with zero attached hydrogens (tertiary/aromatic N) is 1. The molecule has 0 aliphatic carbocycles. The Morgan fingerprint density at radius 3 is 2.35 bits per heavy atom. The van der Waals surface area contributed by atoms with Crippen LogP contribution in [0.3, 0.4) is 0 Å². The largest absolute Gasteiger partial charge is 0.472 e. The van der Waals surface area contributed by atoms with Gasteiger partial charge in [-0.05, 0) is 12.8 Å². The monoisotopic (exact) mass is 397 g/mol. The fourth-order valence-electron chi connectivity index (χ4n) is 2.20. The number of nitrogens with one attached hydrogen (secondary N) is 1. The van der Waals surface area contributed by atoms with E-state index in [0.29, 0.717) is 23.9 Å². The minimum Gasteiger partial charge on any atom is -0.391 e. The third kappa shape index (κ3) is 13.7. The second-order valence-corrected chi connectivity index (χ2v) is 9.05. The first-order chi connectivity index (χ1) is 12.0. The lowest BCUT2D eigenvalue weighted by Gasteiger charge is -2.26. The highest BCUT2D eigenvalue weighted by Crippen LogP contribution is 2.43. The molecule has 0 bridgehead atoms. The maximum atomic E-state index is 12.0. The molecule has 26 heavy (non-hydrogen) atoms. The summed E-state index contributed by atoms with van der Waals surface area (Å²) in [6.45, 7) is 4.30. The van der Waals surface area contributed by atoms with Gasteiger partial charge in [0.2, 0.25) is 5.91 Å². The number of quaternary nitrogens is 1. The van der Waals surface area contributed by atoms with Crippen LogP contribution in [0.4, 0.5) is 0 Å². The Morgan fingerprint density at radius 1 is 1.15 bits per heavy atom. The van der Waals surface area contributed by atoms with E-state index in [1.807, 2.05) is 28.1 Å². The van der Waals surface area contributed by atoms with Crippen molar-refractivity contribution in [2.24, 2.45) is 0 Å². The molecule has 156 valence electrons. The van der Waals surface area contributed by atoms with Crippen LogP contribution in [0.25, 0.3) is 0 Å². The molecule has 0 saturated carbocycles. The van der Waals surface area contributed by atoms with Crippen molar-refractivity contribution in [1.29, 1.82) is 0 Å². The quantitative estimate of drug-likeness (QED) is 0.222. The lowest BCUT2D eigenvalue weighted by atomic mass is 10.1. The molecule has 1 unspecified atom stereocenters. The van der Waals surface area contributed by atoms with E-state index in [4.69, 9.17) is 9.05 Å². The summed E-state index contributed by atoms with van der Waals surface area (Å²) in [5.74, 6) is -0.194. The third-order valence-electron chi connectivity index (χ3n) is 3.84. The summed E-state index contributed by atoms with van der Waals surface area (Å²) in [5.41, 5.74) is 0. The van der Waals surface area contributed by atoms with Crippen LogP contribution in [0, 0.1) is 0 Å². The number of amides is 1. The molecule has 8 nitrogen and oxygen atoms in total. The normalized spacial score (nSPS) is 16.7. The average Bonchev–Trinajstić information content (AvgIpc) is 2.50. The van der Waals surface area contributed by atoms with Crippen LogP contribution in [0.1, 0.15) is 52.4 Å². The molecule has 3 atom stereocenters. The maximum absolute atomic E-state index is 12.0. The van der Waals surface area contributed by atoms with Gasteiger partial charge in [-0.15, -0.1) is 0 Å². The van der Waals surface area contributed by atoms with Crippen molar-refractivity contribution >= 4 is 13.7 Å². The van der Waals surface area contributed by atoms with Gasteiger partial charge in [-0.3, -0.25) is 13.8 Å². The van der Waals surface area contributed by atoms with Crippen LogP contribution in [0.15, 0.2) is 0 Å². The smallest absolute Gasteiger partial charge is 0.391 e. The number of likely N-dealkylation sites (N-methyl/N-ethyl adjacent to an activating group) is 1. The second kappa shape index (κ2) is 12.8. The lowest BCUT2D eigenvalue weighted by molar-refractivity contribution is -0.870. The van der Waals surface area contributed by atoms with Gasteiger partial charge < -0.3 is 19.8 Å². The van der Waals surface area contributed by atoms with Gasteiger partial charge in [0.15, 0.2) is 0 Å². The molecule has 0 aliphatic heterocycles. The summed E-state index contributed by atoms with van der Waals surface area (Å²) in [4.78, 5) is 21.8. The molecule has 0 aromatic rings. The van der Waals surface area contributed by atoms with Crippen LogP contribution >= 0.6 is 7.82 Å². The summed E-state index contributed by atoms with van der Waals surface area (Å²) >= 11 is 0. The van der Waals surface area contributed by atoms with E-state index in [1.54, 1.807) is 0 Å². The standard InChI is InChI=1S/C17H37N2O6P/c1-6-8-9-11-17(21)18-15(16(20)10-7-2)14-25-26(22,23)24-13-12-19(3,4)5/h15-16,20H,6-14H2,1-5H3,(H-,18,21,22,23)/p+1/t15-,16+/m0/s1. The Labute approximate surface area is 158 Å². The second-order valence-electron chi connectivity index (χ2n) is 7.60. The molecule has 0 fully saturated rings. The highest BCUT2D eigenvalue weighted by Gasteiger charge is 2.28. The Bertz CT molecular complexity index is 441. The molecule has 1 amide bonds. The molecule has 0 spiro atoms. The fourth-order valence-corrected chi connectivity index (χ4v) is 2.94. The number of phosphoric acid groups is 1. The minimum absolute atomic E-state index is 0.0723. The molecule has 0 radical (unpaired) electrons. The van der Waals surface area contributed by atoms with Crippen molar-refractivity contribution in [3.05, 3.63) is 0 Å². The zero-order valence-electron chi connectivity index (χ0n) is 16.9. The first kappa shape index (κ1) is 25.5. The zero-order chi connectivity index (χ0) is 20.2. The molecule has 3 N–H and O–H groups in total. The minimum atomic E-state index is -4.23. The van der Waals surface area contributed by atoms with Crippen LogP contribution in [-0.2, 0) is 18.4 Å². The molecule has 0 heterocycles. The number of aliphatic hydroxyl groups is 1. The molecule has 0 saturated heterocycles. The number of hydrogen-bond acceptors (Lipinski definition) is 5. The number of hydrogen-bond donors (Lipinski definition) is 3. The van der Waals surface area contributed by atoms with Crippen molar-refractivity contribution in [3.63, 3.8) is 0 Å². The number of rotatable bonds is 15. The molecule has 0 rings (SSSR count). The van der Waals surface area contributed by atoms with Gasteiger partial charge in [-0.25, -0.2) is 4.57 Å². The predicted octanol–water partition coefficient (Wildman–Crippen LogP) is 2.05. The zero-order valence-corrected chi connectivity index (χ0v) is 17.8. The average molecular weight is 397 g/mol. The van der Waals surface area contributed by atoms with Gasteiger partial charge in [0.25, 0.3) is 0 Å². The summed E-state index contributed by atoms with van der Waals surface area (Å²) in [7, 11) is 1.59. The van der Waals surface area contributed by atoms with E-state index in [9.17, 15) is 19.4 Å². The number of phosphoric ester groups is 1. The van der Waals surface area contributed by atoms with Crippen LogP contribution in [0.5, 0.6) is 0 Å². The summed E-state index contributed by atoms with van der Waals surface area (Å²) in [6.07, 6.45) is 3.43. The Kier molecular flexibility index (Phi) is 12.6. The van der Waals surface area contributed by atoms with Crippen LogP contribution in [-0.4, -0.2) is 73.4 Å². The molecular formula is C17H38N2O6P+. The SMILES string of the molecule is CCCCCC(=O)N[C@@H](COP(=O)(O)OCC[N+](C)(C)C)[C@H](O)CCC. The Balaban J connectivity index is 4.56. The topological polar surface area (TPSA) is 105 Å². The maximum Gasteiger partial charge on any atom is 0.472 e. The van der Waals surface area contributed by atoms with Crippen molar-refractivity contribution in [2.75, 3.05) is 40.9 Å². The van der Waals surface area contributed by atoms with Gasteiger partial charge in [0, 0.05) is 6.42 Å². The highest BCUT2D eigenvalue weighted by molar-refractivity contribution is 7.47. The van der Waals surface area contributed by atoms with Crippen LogP contribution < -0.4 is 5.32 Å².